The van der Waals surface area contributed by atoms with Gasteiger partial charge in [-0.1, -0.05) is 11.6 Å². The van der Waals surface area contributed by atoms with Crippen molar-refractivity contribution in [1.29, 1.82) is 0 Å². The Balaban J connectivity index is 1.35. The largest absolute Gasteiger partial charge is 0.489 e. The van der Waals surface area contributed by atoms with Gasteiger partial charge in [-0.05, 0) is 35.9 Å². The number of piperazine rings is 1. The van der Waals surface area contributed by atoms with Crippen LogP contribution in [0.15, 0.2) is 36.5 Å². The van der Waals surface area contributed by atoms with Crippen LogP contribution in [0.25, 0.3) is 6.08 Å². The number of hydrogen-bond acceptors (Lipinski definition) is 5. The molecule has 1 saturated heterocycles. The Morgan fingerprint density at radius 3 is 2.53 bits per heavy atom. The summed E-state index contributed by atoms with van der Waals surface area (Å²) in [6.07, 6.45) is 0.330. The fraction of sp³-hybridized carbons (Fsp3) is 0.364. The second kappa shape index (κ2) is 9.28. The number of nitrogens with zero attached hydrogens (tertiary/aromatic N) is 3. The number of amides is 1. The third-order valence-corrected chi connectivity index (χ3v) is 5.51. The summed E-state index contributed by atoms with van der Waals surface area (Å²) in [6.45, 7) is 2.91. The van der Waals surface area contributed by atoms with Gasteiger partial charge in [-0.25, -0.2) is 4.98 Å². The van der Waals surface area contributed by atoms with Gasteiger partial charge < -0.3 is 19.3 Å². The molecule has 0 bridgehead atoms. The monoisotopic (exact) mass is 467 g/mol. The highest BCUT2D eigenvalue weighted by Crippen LogP contribution is 2.38. The molecule has 0 aliphatic carbocycles. The van der Waals surface area contributed by atoms with E-state index in [0.717, 1.165) is 24.2 Å². The minimum atomic E-state index is -4.41. The number of ether oxygens (including phenoxy) is 2. The minimum Gasteiger partial charge on any atom is -0.489 e. The molecular formula is C22H21ClF3N3O3. The molecule has 1 aromatic carbocycles. The Hall–Kier alpha value is -2.94. The van der Waals surface area contributed by atoms with Gasteiger partial charge in [0.1, 0.15) is 5.82 Å². The molecule has 4 rings (SSSR count). The predicted octanol–water partition coefficient (Wildman–Crippen LogP) is 4.28. The molecule has 0 radical (unpaired) electrons. The number of carbonyl (C=O) groups is 1. The summed E-state index contributed by atoms with van der Waals surface area (Å²) in [5.41, 5.74) is -0.0599. The number of carbonyl (C=O) groups excluding carboxylic acids is 1. The maximum absolute atomic E-state index is 12.7. The van der Waals surface area contributed by atoms with Crippen molar-refractivity contribution in [3.05, 3.63) is 52.7 Å². The third kappa shape index (κ3) is 5.09. The summed E-state index contributed by atoms with van der Waals surface area (Å²) in [6, 6.07) is 5.87. The smallest absolute Gasteiger partial charge is 0.417 e. The number of benzene rings is 1. The topological polar surface area (TPSA) is 54.9 Å². The summed E-state index contributed by atoms with van der Waals surface area (Å²) in [7, 11) is 0. The Morgan fingerprint density at radius 1 is 1.09 bits per heavy atom. The van der Waals surface area contributed by atoms with E-state index in [9.17, 15) is 18.0 Å². The second-order valence-electron chi connectivity index (χ2n) is 7.43. The first kappa shape index (κ1) is 22.3. The molecule has 2 aliphatic heterocycles. The van der Waals surface area contributed by atoms with Crippen molar-refractivity contribution in [2.45, 2.75) is 12.6 Å². The highest BCUT2D eigenvalue weighted by Gasteiger charge is 2.31. The van der Waals surface area contributed by atoms with Gasteiger partial charge in [-0.3, -0.25) is 4.79 Å². The first-order valence-electron chi connectivity index (χ1n) is 10.2. The van der Waals surface area contributed by atoms with Crippen molar-refractivity contribution in [3.63, 3.8) is 0 Å². The second-order valence-corrected chi connectivity index (χ2v) is 7.84. The molecule has 2 aromatic rings. The molecule has 3 heterocycles. The fourth-order valence-corrected chi connectivity index (χ4v) is 3.79. The summed E-state index contributed by atoms with van der Waals surface area (Å²) >= 11 is 6.28. The van der Waals surface area contributed by atoms with Crippen molar-refractivity contribution in [2.24, 2.45) is 0 Å². The molecular weight excluding hydrogens is 447 g/mol. The van der Waals surface area contributed by atoms with Crippen LogP contribution in [0.4, 0.5) is 19.0 Å². The van der Waals surface area contributed by atoms with Gasteiger partial charge in [0.15, 0.2) is 11.5 Å². The first-order valence-corrected chi connectivity index (χ1v) is 10.5. The lowest BCUT2D eigenvalue weighted by atomic mass is 10.1. The van der Waals surface area contributed by atoms with Crippen LogP contribution in [0, 0.1) is 0 Å². The van der Waals surface area contributed by atoms with E-state index in [4.69, 9.17) is 21.1 Å². The summed E-state index contributed by atoms with van der Waals surface area (Å²) < 4.78 is 49.4. The quantitative estimate of drug-likeness (QED) is 0.631. The zero-order valence-corrected chi connectivity index (χ0v) is 17.8. The summed E-state index contributed by atoms with van der Waals surface area (Å²) in [5.74, 6) is 1.37. The van der Waals surface area contributed by atoms with Crippen LogP contribution in [-0.2, 0) is 11.0 Å². The molecule has 1 aromatic heterocycles. The lowest BCUT2D eigenvalue weighted by molar-refractivity contribution is -0.137. The molecule has 2 aliphatic rings. The number of anilines is 1. The number of halogens is 4. The number of fused-ring (bicyclic) bond motifs is 1. The maximum Gasteiger partial charge on any atom is 0.417 e. The van der Waals surface area contributed by atoms with E-state index in [1.54, 1.807) is 23.1 Å². The SMILES string of the molecule is O=C(/C=C/c1cc(Cl)c2c(c1)OCCCO2)N1CCN(c2ccc(C(F)(F)F)cn2)CC1. The Labute approximate surface area is 188 Å². The number of hydrogen-bond donors (Lipinski definition) is 0. The minimum absolute atomic E-state index is 0.159. The average molecular weight is 468 g/mol. The van der Waals surface area contributed by atoms with Crippen LogP contribution >= 0.6 is 11.6 Å². The molecule has 0 saturated carbocycles. The highest BCUT2D eigenvalue weighted by atomic mass is 35.5. The number of pyridine rings is 1. The Morgan fingerprint density at radius 2 is 1.84 bits per heavy atom. The van der Waals surface area contributed by atoms with Gasteiger partial charge >= 0.3 is 6.18 Å². The Kier molecular flexibility index (Phi) is 6.45. The zero-order chi connectivity index (χ0) is 22.7. The van der Waals surface area contributed by atoms with Crippen molar-refractivity contribution >= 4 is 29.4 Å². The van der Waals surface area contributed by atoms with E-state index in [-0.39, 0.29) is 5.91 Å². The van der Waals surface area contributed by atoms with Crippen LogP contribution < -0.4 is 14.4 Å². The van der Waals surface area contributed by atoms with E-state index in [0.29, 0.717) is 61.7 Å². The van der Waals surface area contributed by atoms with Gasteiger partial charge in [-0.15, -0.1) is 0 Å². The van der Waals surface area contributed by atoms with Gasteiger partial charge in [0.05, 0.1) is 23.8 Å². The normalized spacial score (nSPS) is 16.9. The van der Waals surface area contributed by atoms with Crippen LogP contribution in [0.3, 0.4) is 0 Å². The molecule has 1 fully saturated rings. The Bertz CT molecular complexity index is 1000. The number of rotatable bonds is 3. The third-order valence-electron chi connectivity index (χ3n) is 5.23. The fourth-order valence-electron chi connectivity index (χ4n) is 3.52. The summed E-state index contributed by atoms with van der Waals surface area (Å²) in [4.78, 5) is 20.0. The lowest BCUT2D eigenvalue weighted by Crippen LogP contribution is -2.48. The zero-order valence-electron chi connectivity index (χ0n) is 17.1. The maximum atomic E-state index is 12.7. The molecule has 10 heteroatoms. The molecule has 1 amide bonds. The van der Waals surface area contributed by atoms with Crippen LogP contribution in [0.2, 0.25) is 5.02 Å². The van der Waals surface area contributed by atoms with Crippen molar-refractivity contribution < 1.29 is 27.4 Å². The molecule has 0 unspecified atom stereocenters. The molecule has 0 spiro atoms. The number of aromatic nitrogens is 1. The van der Waals surface area contributed by atoms with E-state index < -0.39 is 11.7 Å². The van der Waals surface area contributed by atoms with Crippen LogP contribution in [0.5, 0.6) is 11.5 Å². The van der Waals surface area contributed by atoms with E-state index >= 15 is 0 Å². The van der Waals surface area contributed by atoms with E-state index in [2.05, 4.69) is 4.98 Å². The lowest BCUT2D eigenvalue weighted by Gasteiger charge is -2.35. The first-order chi connectivity index (χ1) is 15.3. The van der Waals surface area contributed by atoms with Gasteiger partial charge in [0, 0.05) is 44.9 Å². The van der Waals surface area contributed by atoms with E-state index in [1.807, 2.05) is 4.90 Å². The van der Waals surface area contributed by atoms with Crippen LogP contribution in [-0.4, -0.2) is 55.2 Å². The van der Waals surface area contributed by atoms with Crippen molar-refractivity contribution in [3.8, 4) is 11.5 Å². The molecule has 170 valence electrons. The highest BCUT2D eigenvalue weighted by molar-refractivity contribution is 6.32. The molecule has 32 heavy (non-hydrogen) atoms. The standard InChI is InChI=1S/C22H21ClF3N3O3/c23-17-12-15(13-18-21(17)32-11-1-10-31-18)2-5-20(30)29-8-6-28(7-9-29)19-4-3-16(14-27-19)22(24,25)26/h2-5,12-14H,1,6-11H2/b5-2+. The molecule has 0 atom stereocenters. The predicted molar refractivity (Wildman–Crippen MR) is 114 cm³/mol. The van der Waals surface area contributed by atoms with Gasteiger partial charge in [-0.2, -0.15) is 13.2 Å². The average Bonchev–Trinajstić information content (AvgIpc) is 3.03. The molecule has 0 N–H and O–H groups in total. The summed E-state index contributed by atoms with van der Waals surface area (Å²) in [5, 5.41) is 0.425. The number of alkyl halides is 3. The van der Waals surface area contributed by atoms with Gasteiger partial charge in [0.25, 0.3) is 0 Å². The van der Waals surface area contributed by atoms with Crippen LogP contribution in [0.1, 0.15) is 17.5 Å². The van der Waals surface area contributed by atoms with E-state index in [1.165, 1.54) is 12.1 Å². The van der Waals surface area contributed by atoms with Gasteiger partial charge in [0.2, 0.25) is 5.91 Å². The van der Waals surface area contributed by atoms with Crippen molar-refractivity contribution in [1.82, 2.24) is 9.88 Å². The van der Waals surface area contributed by atoms with Crippen molar-refractivity contribution in [2.75, 3.05) is 44.3 Å². The molecule has 6 nitrogen and oxygen atoms in total.